The summed E-state index contributed by atoms with van der Waals surface area (Å²) < 4.78 is 22.6. The van der Waals surface area contributed by atoms with Crippen molar-refractivity contribution in [2.45, 2.75) is 17.9 Å². The molecule has 17 heavy (non-hydrogen) atoms. The molecule has 0 amide bonds. The van der Waals surface area contributed by atoms with E-state index in [-0.39, 0.29) is 6.04 Å². The molecule has 0 aromatic heterocycles. The van der Waals surface area contributed by atoms with E-state index in [2.05, 4.69) is 6.07 Å². The standard InChI is InChI=1S/C12H16N2O2S/c1-10(14(2)9-8-13)11-4-6-12(7-5-11)17(3,15)16/h4-7,10H,9H2,1-3H3. The average Bonchev–Trinajstić information content (AvgIpc) is 2.27. The molecule has 1 aromatic rings. The monoisotopic (exact) mass is 252 g/mol. The lowest BCUT2D eigenvalue weighted by Crippen LogP contribution is -2.22. The van der Waals surface area contributed by atoms with E-state index in [1.54, 1.807) is 24.3 Å². The van der Waals surface area contributed by atoms with Crippen LogP contribution in [0.3, 0.4) is 0 Å². The maximum atomic E-state index is 11.3. The van der Waals surface area contributed by atoms with Crippen molar-refractivity contribution in [3.63, 3.8) is 0 Å². The Labute approximate surface area is 102 Å². The summed E-state index contributed by atoms with van der Waals surface area (Å²) in [5.41, 5.74) is 0.996. The molecule has 92 valence electrons. The third kappa shape index (κ3) is 3.55. The van der Waals surface area contributed by atoms with Gasteiger partial charge in [0.25, 0.3) is 0 Å². The van der Waals surface area contributed by atoms with E-state index in [9.17, 15) is 8.42 Å². The normalized spacial score (nSPS) is 13.4. The largest absolute Gasteiger partial charge is 0.287 e. The molecule has 0 N–H and O–H groups in total. The molecule has 5 heteroatoms. The van der Waals surface area contributed by atoms with Gasteiger partial charge in [-0.1, -0.05) is 12.1 Å². The first-order chi connectivity index (χ1) is 7.86. The molecule has 0 spiro atoms. The van der Waals surface area contributed by atoms with Crippen LogP contribution in [0.4, 0.5) is 0 Å². The minimum atomic E-state index is -3.14. The maximum Gasteiger partial charge on any atom is 0.175 e. The molecule has 0 aliphatic carbocycles. The zero-order chi connectivity index (χ0) is 13.1. The highest BCUT2D eigenvalue weighted by molar-refractivity contribution is 7.90. The first-order valence-electron chi connectivity index (χ1n) is 5.23. The van der Waals surface area contributed by atoms with E-state index >= 15 is 0 Å². The highest BCUT2D eigenvalue weighted by Gasteiger charge is 2.12. The molecule has 0 saturated heterocycles. The highest BCUT2D eigenvalue weighted by atomic mass is 32.2. The van der Waals surface area contributed by atoms with Gasteiger partial charge in [0.15, 0.2) is 9.84 Å². The van der Waals surface area contributed by atoms with Crippen molar-refractivity contribution < 1.29 is 8.42 Å². The Kier molecular flexibility index (Phi) is 4.27. The van der Waals surface area contributed by atoms with Crippen molar-refractivity contribution in [2.24, 2.45) is 0 Å². The third-order valence-corrected chi connectivity index (χ3v) is 3.90. The second-order valence-electron chi connectivity index (χ2n) is 4.09. The van der Waals surface area contributed by atoms with Crippen molar-refractivity contribution in [3.05, 3.63) is 29.8 Å². The van der Waals surface area contributed by atoms with Gasteiger partial charge in [-0.3, -0.25) is 4.90 Å². The first kappa shape index (κ1) is 13.7. The summed E-state index contributed by atoms with van der Waals surface area (Å²) in [5, 5.41) is 8.61. The fourth-order valence-corrected chi connectivity index (χ4v) is 2.13. The minimum Gasteiger partial charge on any atom is -0.287 e. The smallest absolute Gasteiger partial charge is 0.175 e. The minimum absolute atomic E-state index is 0.0864. The van der Waals surface area contributed by atoms with Crippen LogP contribution in [0.15, 0.2) is 29.2 Å². The lowest BCUT2D eigenvalue weighted by atomic mass is 10.1. The SMILES string of the molecule is CC(c1ccc(S(C)(=O)=O)cc1)N(C)CC#N. The van der Waals surface area contributed by atoms with Gasteiger partial charge in [-0.05, 0) is 31.7 Å². The molecule has 1 rings (SSSR count). The van der Waals surface area contributed by atoms with Crippen molar-refractivity contribution in [1.82, 2.24) is 4.90 Å². The van der Waals surface area contributed by atoms with Gasteiger partial charge in [0.1, 0.15) is 0 Å². The van der Waals surface area contributed by atoms with Gasteiger partial charge < -0.3 is 0 Å². The van der Waals surface area contributed by atoms with Gasteiger partial charge in [0, 0.05) is 12.3 Å². The van der Waals surface area contributed by atoms with E-state index < -0.39 is 9.84 Å². The summed E-state index contributed by atoms with van der Waals surface area (Å²) in [6.45, 7) is 2.32. The average molecular weight is 252 g/mol. The number of nitriles is 1. The summed E-state index contributed by atoms with van der Waals surface area (Å²) in [4.78, 5) is 2.21. The van der Waals surface area contributed by atoms with Crippen LogP contribution in [0.2, 0.25) is 0 Å². The van der Waals surface area contributed by atoms with E-state index in [1.807, 2.05) is 18.9 Å². The Morgan fingerprint density at radius 1 is 1.35 bits per heavy atom. The van der Waals surface area contributed by atoms with Crippen molar-refractivity contribution >= 4 is 9.84 Å². The number of benzene rings is 1. The fraction of sp³-hybridized carbons (Fsp3) is 0.417. The van der Waals surface area contributed by atoms with Crippen LogP contribution < -0.4 is 0 Å². The van der Waals surface area contributed by atoms with Crippen LogP contribution in [-0.2, 0) is 9.84 Å². The summed E-state index contributed by atoms with van der Waals surface area (Å²) >= 11 is 0. The van der Waals surface area contributed by atoms with Crippen LogP contribution in [0.25, 0.3) is 0 Å². The summed E-state index contributed by atoms with van der Waals surface area (Å²) in [5.74, 6) is 0. The predicted octanol–water partition coefficient (Wildman–Crippen LogP) is 1.61. The summed E-state index contributed by atoms with van der Waals surface area (Å²) in [6, 6.07) is 8.94. The summed E-state index contributed by atoms with van der Waals surface area (Å²) in [7, 11) is -1.28. The van der Waals surface area contributed by atoms with Gasteiger partial charge in [-0.15, -0.1) is 0 Å². The van der Waals surface area contributed by atoms with Crippen LogP contribution in [0.1, 0.15) is 18.5 Å². The predicted molar refractivity (Wildman–Crippen MR) is 66.2 cm³/mol. The second-order valence-corrected chi connectivity index (χ2v) is 6.11. The molecule has 0 heterocycles. The molecule has 0 aliphatic heterocycles. The lowest BCUT2D eigenvalue weighted by molar-refractivity contribution is 0.293. The molecule has 0 aliphatic rings. The highest BCUT2D eigenvalue weighted by Crippen LogP contribution is 2.20. The Balaban J connectivity index is 2.92. The molecular weight excluding hydrogens is 236 g/mol. The van der Waals surface area contributed by atoms with Crippen molar-refractivity contribution in [1.29, 1.82) is 5.26 Å². The van der Waals surface area contributed by atoms with Gasteiger partial charge in [-0.2, -0.15) is 5.26 Å². The quantitative estimate of drug-likeness (QED) is 0.764. The van der Waals surface area contributed by atoms with E-state index in [0.717, 1.165) is 5.56 Å². The summed E-state index contributed by atoms with van der Waals surface area (Å²) in [6.07, 6.45) is 1.19. The van der Waals surface area contributed by atoms with E-state index in [0.29, 0.717) is 11.4 Å². The molecule has 1 aromatic carbocycles. The third-order valence-electron chi connectivity index (χ3n) is 2.77. The van der Waals surface area contributed by atoms with Crippen molar-refractivity contribution in [2.75, 3.05) is 19.8 Å². The molecule has 0 saturated carbocycles. The Hall–Kier alpha value is -1.38. The molecule has 1 atom stereocenters. The van der Waals surface area contributed by atoms with Gasteiger partial charge in [-0.25, -0.2) is 8.42 Å². The van der Waals surface area contributed by atoms with Gasteiger partial charge in [0.2, 0.25) is 0 Å². The van der Waals surface area contributed by atoms with Crippen LogP contribution in [-0.4, -0.2) is 33.2 Å². The number of sulfone groups is 1. The number of rotatable bonds is 4. The van der Waals surface area contributed by atoms with Gasteiger partial charge >= 0.3 is 0 Å². The van der Waals surface area contributed by atoms with Crippen LogP contribution >= 0.6 is 0 Å². The molecule has 4 nitrogen and oxygen atoms in total. The molecule has 1 unspecified atom stereocenters. The zero-order valence-electron chi connectivity index (χ0n) is 10.2. The molecule has 0 bridgehead atoms. The van der Waals surface area contributed by atoms with Crippen LogP contribution in [0, 0.1) is 11.3 Å². The van der Waals surface area contributed by atoms with E-state index in [1.165, 1.54) is 6.26 Å². The number of nitrogens with zero attached hydrogens (tertiary/aromatic N) is 2. The molecule has 0 fully saturated rings. The number of hydrogen-bond acceptors (Lipinski definition) is 4. The fourth-order valence-electron chi connectivity index (χ4n) is 1.50. The number of hydrogen-bond donors (Lipinski definition) is 0. The zero-order valence-corrected chi connectivity index (χ0v) is 11.0. The Bertz CT molecular complexity index is 514. The molecular formula is C12H16N2O2S. The topological polar surface area (TPSA) is 61.2 Å². The van der Waals surface area contributed by atoms with Crippen molar-refractivity contribution in [3.8, 4) is 6.07 Å². The van der Waals surface area contributed by atoms with E-state index in [4.69, 9.17) is 5.26 Å². The van der Waals surface area contributed by atoms with Gasteiger partial charge in [0.05, 0.1) is 17.5 Å². The Morgan fingerprint density at radius 3 is 2.29 bits per heavy atom. The Morgan fingerprint density at radius 2 is 1.88 bits per heavy atom. The molecule has 0 radical (unpaired) electrons. The first-order valence-corrected chi connectivity index (χ1v) is 7.12. The van der Waals surface area contributed by atoms with Crippen LogP contribution in [0.5, 0.6) is 0 Å². The second kappa shape index (κ2) is 5.30. The lowest BCUT2D eigenvalue weighted by Gasteiger charge is -2.22. The maximum absolute atomic E-state index is 11.3.